The Morgan fingerprint density at radius 1 is 1.20 bits per heavy atom. The topological polar surface area (TPSA) is 98.9 Å². The molecule has 0 saturated carbocycles. The van der Waals surface area contributed by atoms with Crippen molar-refractivity contribution in [3.8, 4) is 5.75 Å². The molecule has 0 spiro atoms. The molecule has 1 heterocycles. The van der Waals surface area contributed by atoms with E-state index in [-0.39, 0.29) is 6.61 Å². The highest BCUT2D eigenvalue weighted by Crippen LogP contribution is 2.19. The van der Waals surface area contributed by atoms with E-state index >= 15 is 0 Å². The molecular formula is C18H24N2O5. The third-order valence-electron chi connectivity index (χ3n) is 4.18. The van der Waals surface area contributed by atoms with Crippen molar-refractivity contribution in [3.05, 3.63) is 29.3 Å². The first-order valence-corrected chi connectivity index (χ1v) is 8.33. The van der Waals surface area contributed by atoms with Crippen LogP contribution in [0.2, 0.25) is 0 Å². The number of primary amides is 1. The molecule has 0 aliphatic carbocycles. The number of nitrogens with two attached hydrogens (primary N) is 1. The lowest BCUT2D eigenvalue weighted by Gasteiger charge is -2.33. The molecule has 1 aromatic carbocycles. The molecule has 2 N–H and O–H groups in total. The van der Waals surface area contributed by atoms with Crippen LogP contribution in [0, 0.1) is 13.8 Å². The smallest absolute Gasteiger partial charge is 0.344 e. The summed E-state index contributed by atoms with van der Waals surface area (Å²) in [6.45, 7) is 3.60. The Balaban J connectivity index is 1.80. The summed E-state index contributed by atoms with van der Waals surface area (Å²) in [5, 5.41) is 0. The number of carbonyl (C=O) groups is 3. The predicted molar refractivity (Wildman–Crippen MR) is 90.9 cm³/mol. The number of nitrogens with zero attached hydrogens (tertiary/aromatic N) is 1. The van der Waals surface area contributed by atoms with Gasteiger partial charge in [0.05, 0.1) is 0 Å². The fraction of sp³-hybridized carbons (Fsp3) is 0.500. The standard InChI is InChI=1S/C18H24N2O5/c1-12-6-7-15(13(2)9-12)24-11-17(22)25-10-16(21)20-8-4-3-5-14(20)18(19)23/h6-7,9,14H,3-5,8,10-11H2,1-2H3,(H2,19,23)/t14-/m1/s1. The van der Waals surface area contributed by atoms with Gasteiger partial charge in [0, 0.05) is 6.54 Å². The molecule has 25 heavy (non-hydrogen) atoms. The fourth-order valence-electron chi connectivity index (χ4n) is 2.89. The summed E-state index contributed by atoms with van der Waals surface area (Å²) in [5.41, 5.74) is 7.35. The molecule has 0 unspecified atom stereocenters. The molecule has 0 bridgehead atoms. The van der Waals surface area contributed by atoms with Crippen molar-refractivity contribution in [2.24, 2.45) is 5.73 Å². The van der Waals surface area contributed by atoms with E-state index in [1.807, 2.05) is 26.0 Å². The Morgan fingerprint density at radius 2 is 1.96 bits per heavy atom. The number of esters is 1. The third kappa shape index (κ3) is 5.20. The van der Waals surface area contributed by atoms with Crippen LogP contribution in [-0.2, 0) is 19.1 Å². The Kier molecular flexibility index (Phi) is 6.38. The number of hydrogen-bond acceptors (Lipinski definition) is 5. The summed E-state index contributed by atoms with van der Waals surface area (Å²) in [5.74, 6) is -0.986. The van der Waals surface area contributed by atoms with E-state index in [1.54, 1.807) is 6.07 Å². The van der Waals surface area contributed by atoms with Gasteiger partial charge >= 0.3 is 5.97 Å². The van der Waals surface area contributed by atoms with Gasteiger partial charge in [-0.3, -0.25) is 9.59 Å². The Bertz CT molecular complexity index is 659. The molecule has 1 aromatic rings. The minimum atomic E-state index is -0.638. The summed E-state index contributed by atoms with van der Waals surface area (Å²) in [7, 11) is 0. The molecule has 136 valence electrons. The zero-order chi connectivity index (χ0) is 18.4. The lowest BCUT2D eigenvalue weighted by Crippen LogP contribution is -2.51. The van der Waals surface area contributed by atoms with Gasteiger partial charge in [-0.15, -0.1) is 0 Å². The first-order valence-electron chi connectivity index (χ1n) is 8.33. The normalized spacial score (nSPS) is 17.0. The van der Waals surface area contributed by atoms with Crippen molar-refractivity contribution in [1.82, 2.24) is 4.90 Å². The molecule has 7 nitrogen and oxygen atoms in total. The molecule has 0 radical (unpaired) electrons. The van der Waals surface area contributed by atoms with Crippen LogP contribution < -0.4 is 10.5 Å². The number of benzene rings is 1. The summed E-state index contributed by atoms with van der Waals surface area (Å²) in [4.78, 5) is 36.8. The van der Waals surface area contributed by atoms with E-state index in [0.29, 0.717) is 18.7 Å². The van der Waals surface area contributed by atoms with Gasteiger partial charge in [0.15, 0.2) is 13.2 Å². The van der Waals surface area contributed by atoms with Gasteiger partial charge in [0.25, 0.3) is 5.91 Å². The van der Waals surface area contributed by atoms with Gasteiger partial charge in [-0.2, -0.15) is 0 Å². The molecule has 1 aliphatic rings. The molecule has 1 fully saturated rings. The second-order valence-corrected chi connectivity index (χ2v) is 6.22. The van der Waals surface area contributed by atoms with Gasteiger partial charge in [-0.25, -0.2) is 4.79 Å². The lowest BCUT2D eigenvalue weighted by molar-refractivity contribution is -0.156. The third-order valence-corrected chi connectivity index (χ3v) is 4.18. The van der Waals surface area contributed by atoms with Crippen molar-refractivity contribution in [1.29, 1.82) is 0 Å². The van der Waals surface area contributed by atoms with Gasteiger partial charge < -0.3 is 20.1 Å². The number of aryl methyl sites for hydroxylation is 2. The van der Waals surface area contributed by atoms with Crippen molar-refractivity contribution in [2.75, 3.05) is 19.8 Å². The van der Waals surface area contributed by atoms with E-state index in [2.05, 4.69) is 0 Å². The number of carbonyl (C=O) groups excluding carboxylic acids is 3. The van der Waals surface area contributed by atoms with Crippen molar-refractivity contribution < 1.29 is 23.9 Å². The zero-order valence-electron chi connectivity index (χ0n) is 14.6. The highest BCUT2D eigenvalue weighted by molar-refractivity contribution is 5.88. The molecule has 7 heteroatoms. The van der Waals surface area contributed by atoms with Crippen molar-refractivity contribution in [2.45, 2.75) is 39.2 Å². The van der Waals surface area contributed by atoms with E-state index in [1.165, 1.54) is 4.90 Å². The number of likely N-dealkylation sites (tertiary alicyclic amines) is 1. The molecule has 1 atom stereocenters. The monoisotopic (exact) mass is 348 g/mol. The number of ether oxygens (including phenoxy) is 2. The quantitative estimate of drug-likeness (QED) is 0.776. The molecule has 2 amide bonds. The number of piperidine rings is 1. The van der Waals surface area contributed by atoms with Gasteiger partial charge in [-0.05, 0) is 44.7 Å². The highest BCUT2D eigenvalue weighted by atomic mass is 16.6. The summed E-state index contributed by atoms with van der Waals surface area (Å²) in [6.07, 6.45) is 2.20. The van der Waals surface area contributed by atoms with Crippen molar-refractivity contribution >= 4 is 17.8 Å². The fourth-order valence-corrected chi connectivity index (χ4v) is 2.89. The van der Waals surface area contributed by atoms with Gasteiger partial charge in [-0.1, -0.05) is 17.7 Å². The van der Waals surface area contributed by atoms with Gasteiger partial charge in [0.1, 0.15) is 11.8 Å². The minimum Gasteiger partial charge on any atom is -0.482 e. The molecule has 1 saturated heterocycles. The van der Waals surface area contributed by atoms with Crippen LogP contribution in [0.3, 0.4) is 0 Å². The second-order valence-electron chi connectivity index (χ2n) is 6.22. The largest absolute Gasteiger partial charge is 0.482 e. The van der Waals surface area contributed by atoms with Crippen LogP contribution in [0.1, 0.15) is 30.4 Å². The Hall–Kier alpha value is -2.57. The van der Waals surface area contributed by atoms with E-state index in [0.717, 1.165) is 24.0 Å². The highest BCUT2D eigenvalue weighted by Gasteiger charge is 2.30. The Morgan fingerprint density at radius 3 is 2.64 bits per heavy atom. The van der Waals surface area contributed by atoms with E-state index < -0.39 is 30.4 Å². The van der Waals surface area contributed by atoms with Crippen LogP contribution in [0.25, 0.3) is 0 Å². The Labute approximate surface area is 147 Å². The van der Waals surface area contributed by atoms with Gasteiger partial charge in [0.2, 0.25) is 5.91 Å². The molecule has 2 rings (SSSR count). The maximum absolute atomic E-state index is 12.2. The van der Waals surface area contributed by atoms with Crippen LogP contribution in [0.5, 0.6) is 5.75 Å². The number of hydrogen-bond donors (Lipinski definition) is 1. The molecular weight excluding hydrogens is 324 g/mol. The average Bonchev–Trinajstić information content (AvgIpc) is 2.58. The first kappa shape index (κ1) is 18.8. The van der Waals surface area contributed by atoms with E-state index in [4.69, 9.17) is 15.2 Å². The summed E-state index contributed by atoms with van der Waals surface area (Å²) >= 11 is 0. The van der Waals surface area contributed by atoms with Crippen LogP contribution in [0.15, 0.2) is 18.2 Å². The van der Waals surface area contributed by atoms with Crippen molar-refractivity contribution in [3.63, 3.8) is 0 Å². The number of rotatable bonds is 6. The number of amides is 2. The maximum Gasteiger partial charge on any atom is 0.344 e. The predicted octanol–water partition coefficient (Wildman–Crippen LogP) is 1.09. The average molecular weight is 348 g/mol. The summed E-state index contributed by atoms with van der Waals surface area (Å²) < 4.78 is 10.4. The maximum atomic E-state index is 12.2. The second kappa shape index (κ2) is 8.50. The first-order chi connectivity index (χ1) is 11.9. The summed E-state index contributed by atoms with van der Waals surface area (Å²) in [6, 6.07) is 5.00. The van der Waals surface area contributed by atoms with Crippen LogP contribution in [0.4, 0.5) is 0 Å². The van der Waals surface area contributed by atoms with Crippen LogP contribution >= 0.6 is 0 Å². The molecule has 0 aromatic heterocycles. The lowest BCUT2D eigenvalue weighted by atomic mass is 10.0. The minimum absolute atomic E-state index is 0.281. The zero-order valence-corrected chi connectivity index (χ0v) is 14.6. The SMILES string of the molecule is Cc1ccc(OCC(=O)OCC(=O)N2CCCC[C@@H]2C(N)=O)c(C)c1. The van der Waals surface area contributed by atoms with Crippen LogP contribution in [-0.4, -0.2) is 48.5 Å². The molecule has 1 aliphatic heterocycles. The van der Waals surface area contributed by atoms with E-state index in [9.17, 15) is 14.4 Å².